The number of rotatable bonds is 15. The maximum atomic E-state index is 13.2. The molecule has 2 aromatic carbocycles. The third-order valence-electron chi connectivity index (χ3n) is 6.77. The SMILES string of the molecule is CC[C@H](NCCNC(=O)c1cc(C(=O)NCc2ccc(F)cc2)cc(N(C)S(=O)(=O)N(C)C)c1)C(=O)NCC1CC1. The lowest BCUT2D eigenvalue weighted by molar-refractivity contribution is -0.123. The Labute approximate surface area is 241 Å². The summed E-state index contributed by atoms with van der Waals surface area (Å²) in [6, 6.07) is 9.41. The van der Waals surface area contributed by atoms with E-state index in [-0.39, 0.29) is 41.9 Å². The summed E-state index contributed by atoms with van der Waals surface area (Å²) in [6.45, 7) is 3.23. The van der Waals surface area contributed by atoms with Gasteiger partial charge >= 0.3 is 10.2 Å². The highest BCUT2D eigenvalue weighted by molar-refractivity contribution is 7.90. The molecule has 1 aliphatic carbocycles. The Morgan fingerprint density at radius 1 is 0.927 bits per heavy atom. The molecule has 13 heteroatoms. The van der Waals surface area contributed by atoms with Crippen molar-refractivity contribution < 1.29 is 27.2 Å². The highest BCUT2D eigenvalue weighted by atomic mass is 32.2. The van der Waals surface area contributed by atoms with Crippen molar-refractivity contribution in [3.8, 4) is 0 Å². The van der Waals surface area contributed by atoms with Gasteiger partial charge in [-0.25, -0.2) is 4.39 Å². The molecule has 0 unspecified atom stereocenters. The van der Waals surface area contributed by atoms with Crippen LogP contribution < -0.4 is 25.6 Å². The van der Waals surface area contributed by atoms with E-state index in [1.165, 1.54) is 63.6 Å². The van der Waals surface area contributed by atoms with Gasteiger partial charge in [-0.2, -0.15) is 12.7 Å². The first-order valence-corrected chi connectivity index (χ1v) is 15.0. The van der Waals surface area contributed by atoms with Crippen molar-refractivity contribution in [3.05, 3.63) is 65.0 Å². The monoisotopic (exact) mass is 590 g/mol. The van der Waals surface area contributed by atoms with Gasteiger partial charge in [0.2, 0.25) is 5.91 Å². The van der Waals surface area contributed by atoms with Gasteiger partial charge in [-0.15, -0.1) is 0 Å². The number of carbonyl (C=O) groups excluding carboxylic acids is 3. The molecule has 224 valence electrons. The first kappa shape index (κ1) is 32.0. The van der Waals surface area contributed by atoms with Crippen LogP contribution in [-0.4, -0.2) is 77.3 Å². The van der Waals surface area contributed by atoms with Gasteiger partial charge in [0.1, 0.15) is 5.82 Å². The number of halogens is 1. The molecule has 1 fully saturated rings. The van der Waals surface area contributed by atoms with Gasteiger partial charge in [0, 0.05) is 58.4 Å². The normalized spacial score (nSPS) is 13.9. The average Bonchev–Trinajstić information content (AvgIpc) is 3.79. The Bertz CT molecular complexity index is 1330. The number of carbonyl (C=O) groups is 3. The van der Waals surface area contributed by atoms with Crippen LogP contribution >= 0.6 is 0 Å². The molecule has 0 radical (unpaired) electrons. The summed E-state index contributed by atoms with van der Waals surface area (Å²) in [6.07, 6.45) is 2.88. The summed E-state index contributed by atoms with van der Waals surface area (Å²) in [7, 11) is 0.180. The van der Waals surface area contributed by atoms with Crippen molar-refractivity contribution in [1.82, 2.24) is 25.6 Å². The van der Waals surface area contributed by atoms with Crippen LogP contribution in [0.1, 0.15) is 52.5 Å². The van der Waals surface area contributed by atoms with E-state index in [2.05, 4.69) is 21.3 Å². The zero-order valence-corrected chi connectivity index (χ0v) is 24.7. The summed E-state index contributed by atoms with van der Waals surface area (Å²) in [4.78, 5) is 38.4. The van der Waals surface area contributed by atoms with Crippen molar-refractivity contribution in [3.63, 3.8) is 0 Å². The van der Waals surface area contributed by atoms with Crippen LogP contribution in [0.4, 0.5) is 10.1 Å². The summed E-state index contributed by atoms with van der Waals surface area (Å²) in [5.41, 5.74) is 0.951. The molecule has 0 aliphatic heterocycles. The van der Waals surface area contributed by atoms with Gasteiger partial charge in [-0.05, 0) is 61.1 Å². The molecule has 0 aromatic heterocycles. The van der Waals surface area contributed by atoms with Crippen LogP contribution in [0.3, 0.4) is 0 Å². The van der Waals surface area contributed by atoms with Crippen LogP contribution in [0.5, 0.6) is 0 Å². The largest absolute Gasteiger partial charge is 0.354 e. The standard InChI is InChI=1S/C28H39FN6O5S/c1-5-25(28(38)33-18-19-6-7-19)30-12-13-31-26(36)21-14-22(16-24(15-21)35(4)41(39,40)34(2)3)27(37)32-17-20-8-10-23(29)11-9-20/h8-11,14-16,19,25,30H,5-7,12-13,17-18H2,1-4H3,(H,31,36)(H,32,37)(H,33,38)/t25-/m0/s1. The van der Waals surface area contributed by atoms with E-state index in [0.717, 1.165) is 21.5 Å². The quantitative estimate of drug-likeness (QED) is 0.233. The fourth-order valence-corrected chi connectivity index (χ4v) is 4.82. The number of amides is 3. The van der Waals surface area contributed by atoms with Crippen LogP contribution in [-0.2, 0) is 21.5 Å². The van der Waals surface area contributed by atoms with Gasteiger partial charge in [-0.3, -0.25) is 18.7 Å². The van der Waals surface area contributed by atoms with Gasteiger partial charge in [0.25, 0.3) is 11.8 Å². The molecular formula is C28H39FN6O5S. The predicted octanol–water partition coefficient (Wildman–Crippen LogP) is 1.62. The van der Waals surface area contributed by atoms with Gasteiger partial charge in [0.05, 0.1) is 11.7 Å². The second-order valence-electron chi connectivity index (χ2n) is 10.2. The number of hydrogen-bond acceptors (Lipinski definition) is 6. The molecule has 1 saturated carbocycles. The van der Waals surface area contributed by atoms with E-state index < -0.39 is 27.8 Å². The number of nitrogens with one attached hydrogen (secondary N) is 4. The molecule has 4 N–H and O–H groups in total. The maximum Gasteiger partial charge on any atom is 0.303 e. The van der Waals surface area contributed by atoms with Crippen LogP contribution in [0, 0.1) is 11.7 Å². The third kappa shape index (κ3) is 9.23. The van der Waals surface area contributed by atoms with Crippen molar-refractivity contribution >= 4 is 33.6 Å². The Morgan fingerprint density at radius 3 is 2.10 bits per heavy atom. The van der Waals surface area contributed by atoms with Crippen molar-refractivity contribution in [2.24, 2.45) is 5.92 Å². The molecule has 11 nitrogen and oxygen atoms in total. The second kappa shape index (κ2) is 14.4. The first-order chi connectivity index (χ1) is 19.4. The summed E-state index contributed by atoms with van der Waals surface area (Å²) >= 11 is 0. The molecule has 0 bridgehead atoms. The first-order valence-electron chi connectivity index (χ1n) is 13.6. The number of anilines is 1. The zero-order valence-electron chi connectivity index (χ0n) is 23.9. The van der Waals surface area contributed by atoms with E-state index in [9.17, 15) is 27.2 Å². The molecule has 41 heavy (non-hydrogen) atoms. The minimum atomic E-state index is -3.90. The Balaban J connectivity index is 1.70. The molecule has 1 atom stereocenters. The highest BCUT2D eigenvalue weighted by Crippen LogP contribution is 2.27. The van der Waals surface area contributed by atoms with Crippen molar-refractivity contribution in [2.45, 2.75) is 38.8 Å². The van der Waals surface area contributed by atoms with Crippen LogP contribution in [0.2, 0.25) is 0 Å². The lowest BCUT2D eigenvalue weighted by atomic mass is 10.1. The zero-order chi connectivity index (χ0) is 30.2. The lowest BCUT2D eigenvalue weighted by Crippen LogP contribution is -2.46. The van der Waals surface area contributed by atoms with Crippen molar-refractivity contribution in [2.75, 3.05) is 45.1 Å². The fourth-order valence-electron chi connectivity index (χ4n) is 3.96. The molecule has 0 spiro atoms. The Morgan fingerprint density at radius 2 is 1.54 bits per heavy atom. The summed E-state index contributed by atoms with van der Waals surface area (Å²) in [5.74, 6) is -0.938. The minimum Gasteiger partial charge on any atom is -0.354 e. The van der Waals surface area contributed by atoms with E-state index >= 15 is 0 Å². The van der Waals surface area contributed by atoms with Crippen LogP contribution in [0.15, 0.2) is 42.5 Å². The van der Waals surface area contributed by atoms with E-state index in [1.54, 1.807) is 0 Å². The number of nitrogens with zero attached hydrogens (tertiary/aromatic N) is 2. The van der Waals surface area contributed by atoms with Gasteiger partial charge in [-0.1, -0.05) is 19.1 Å². The second-order valence-corrected chi connectivity index (χ2v) is 12.4. The van der Waals surface area contributed by atoms with E-state index in [4.69, 9.17) is 0 Å². The number of benzene rings is 2. The van der Waals surface area contributed by atoms with Gasteiger partial charge < -0.3 is 21.3 Å². The molecular weight excluding hydrogens is 551 g/mol. The van der Waals surface area contributed by atoms with E-state index in [0.29, 0.717) is 31.0 Å². The van der Waals surface area contributed by atoms with Crippen LogP contribution in [0.25, 0.3) is 0 Å². The molecule has 3 rings (SSSR count). The van der Waals surface area contributed by atoms with Gasteiger partial charge in [0.15, 0.2) is 0 Å². The summed E-state index contributed by atoms with van der Waals surface area (Å²) < 4.78 is 40.7. The van der Waals surface area contributed by atoms with Crippen molar-refractivity contribution in [1.29, 1.82) is 0 Å². The summed E-state index contributed by atoms with van der Waals surface area (Å²) in [5, 5.41) is 11.6. The average molecular weight is 591 g/mol. The molecule has 2 aromatic rings. The third-order valence-corrected chi connectivity index (χ3v) is 8.59. The molecule has 3 amide bonds. The molecule has 1 aliphatic rings. The predicted molar refractivity (Wildman–Crippen MR) is 155 cm³/mol. The minimum absolute atomic E-state index is 0.0696. The fraction of sp³-hybridized carbons (Fsp3) is 0.464. The Hall–Kier alpha value is -3.55. The number of hydrogen-bond donors (Lipinski definition) is 4. The highest BCUT2D eigenvalue weighted by Gasteiger charge is 2.25. The lowest BCUT2D eigenvalue weighted by Gasteiger charge is -2.24. The van der Waals surface area contributed by atoms with E-state index in [1.807, 2.05) is 6.92 Å². The smallest absolute Gasteiger partial charge is 0.303 e. The topological polar surface area (TPSA) is 140 Å². The maximum absolute atomic E-state index is 13.2. The molecule has 0 saturated heterocycles. The molecule has 0 heterocycles. The Kier molecular flexibility index (Phi) is 11.2.